The highest BCUT2D eigenvalue weighted by molar-refractivity contribution is 5.96. The molecule has 122 valence electrons. The molecular weight excluding hydrogens is 300 g/mol. The Kier molecular flexibility index (Phi) is 4.47. The lowest BCUT2D eigenvalue weighted by molar-refractivity contribution is 0.0467. The molecule has 3 rings (SSSR count). The topological polar surface area (TPSA) is 129 Å². The minimum Gasteiger partial charge on any atom is -0.382 e. The summed E-state index contributed by atoms with van der Waals surface area (Å²) >= 11 is 0. The zero-order valence-corrected chi connectivity index (χ0v) is 12.7. The first-order valence-corrected chi connectivity index (χ1v) is 7.40. The first-order valence-electron chi connectivity index (χ1n) is 7.40. The molecule has 1 aliphatic heterocycles. The summed E-state index contributed by atoms with van der Waals surface area (Å²) in [7, 11) is 0. The fourth-order valence-electron chi connectivity index (χ4n) is 2.60. The number of nitrogens with one attached hydrogen (secondary N) is 1. The number of nitrogen functional groups attached to an aromatic ring is 1. The van der Waals surface area contributed by atoms with Crippen LogP contribution in [0.3, 0.4) is 0 Å². The van der Waals surface area contributed by atoms with Crippen LogP contribution in [-0.2, 0) is 4.74 Å². The molecule has 0 spiro atoms. The molecular formula is C14H18N6O3. The van der Waals surface area contributed by atoms with Gasteiger partial charge in [-0.05, 0) is 25.7 Å². The quantitative estimate of drug-likeness (QED) is 0.840. The number of aromatic nitrogens is 4. The SMILES string of the molecule is Cc1noc([C@@H](NC(=O)c2nccnc2N)C2CCOCC2)n1. The van der Waals surface area contributed by atoms with Crippen molar-refractivity contribution < 1.29 is 14.1 Å². The van der Waals surface area contributed by atoms with E-state index in [2.05, 4.69) is 25.4 Å². The van der Waals surface area contributed by atoms with Crippen molar-refractivity contribution >= 4 is 11.7 Å². The Hall–Kier alpha value is -2.55. The summed E-state index contributed by atoms with van der Waals surface area (Å²) in [6.07, 6.45) is 4.44. The van der Waals surface area contributed by atoms with Gasteiger partial charge in [0.2, 0.25) is 5.89 Å². The monoisotopic (exact) mass is 318 g/mol. The third kappa shape index (κ3) is 3.45. The number of nitrogens with zero attached hydrogens (tertiary/aromatic N) is 4. The van der Waals surface area contributed by atoms with Crippen LogP contribution in [0.25, 0.3) is 0 Å². The fourth-order valence-corrected chi connectivity index (χ4v) is 2.60. The number of carbonyl (C=O) groups excluding carboxylic acids is 1. The summed E-state index contributed by atoms with van der Waals surface area (Å²) in [4.78, 5) is 24.6. The van der Waals surface area contributed by atoms with Crippen LogP contribution in [0.1, 0.15) is 41.1 Å². The molecule has 0 aromatic carbocycles. The molecule has 3 N–H and O–H groups in total. The molecule has 9 nitrogen and oxygen atoms in total. The van der Waals surface area contributed by atoms with Gasteiger partial charge in [0.25, 0.3) is 5.91 Å². The molecule has 2 aromatic heterocycles. The number of carbonyl (C=O) groups is 1. The Balaban J connectivity index is 1.83. The highest BCUT2D eigenvalue weighted by atomic mass is 16.5. The van der Waals surface area contributed by atoms with Crippen LogP contribution < -0.4 is 11.1 Å². The van der Waals surface area contributed by atoms with E-state index < -0.39 is 11.9 Å². The second-order valence-electron chi connectivity index (χ2n) is 5.37. The molecule has 0 saturated carbocycles. The number of rotatable bonds is 4. The summed E-state index contributed by atoms with van der Waals surface area (Å²) in [6, 6.07) is -0.408. The molecule has 1 fully saturated rings. The van der Waals surface area contributed by atoms with Gasteiger partial charge in [-0.2, -0.15) is 4.98 Å². The number of anilines is 1. The highest BCUT2D eigenvalue weighted by Gasteiger charge is 2.32. The molecule has 0 unspecified atom stereocenters. The van der Waals surface area contributed by atoms with E-state index in [0.717, 1.165) is 12.8 Å². The maximum absolute atomic E-state index is 12.5. The molecule has 1 aliphatic rings. The molecule has 1 amide bonds. The van der Waals surface area contributed by atoms with Gasteiger partial charge < -0.3 is 20.3 Å². The molecule has 3 heterocycles. The van der Waals surface area contributed by atoms with Crippen molar-refractivity contribution in [2.45, 2.75) is 25.8 Å². The molecule has 0 bridgehead atoms. The fraction of sp³-hybridized carbons (Fsp3) is 0.500. The molecule has 1 saturated heterocycles. The largest absolute Gasteiger partial charge is 0.382 e. The normalized spacial score (nSPS) is 16.9. The van der Waals surface area contributed by atoms with Crippen molar-refractivity contribution in [1.82, 2.24) is 25.4 Å². The first kappa shape index (κ1) is 15.3. The lowest BCUT2D eigenvalue weighted by Crippen LogP contribution is -2.37. The van der Waals surface area contributed by atoms with Crippen LogP contribution >= 0.6 is 0 Å². The summed E-state index contributed by atoms with van der Waals surface area (Å²) in [5.41, 5.74) is 5.80. The molecule has 0 aliphatic carbocycles. The summed E-state index contributed by atoms with van der Waals surface area (Å²) in [6.45, 7) is 3.01. The van der Waals surface area contributed by atoms with Gasteiger partial charge in [-0.15, -0.1) is 0 Å². The van der Waals surface area contributed by atoms with Crippen LogP contribution in [0.4, 0.5) is 5.82 Å². The number of hydrogen-bond donors (Lipinski definition) is 2. The van der Waals surface area contributed by atoms with Crippen molar-refractivity contribution in [2.24, 2.45) is 5.92 Å². The van der Waals surface area contributed by atoms with Crippen molar-refractivity contribution in [3.63, 3.8) is 0 Å². The maximum atomic E-state index is 12.5. The van der Waals surface area contributed by atoms with Crippen molar-refractivity contribution in [3.8, 4) is 0 Å². The van der Waals surface area contributed by atoms with E-state index in [1.165, 1.54) is 12.4 Å². The van der Waals surface area contributed by atoms with E-state index in [0.29, 0.717) is 24.9 Å². The van der Waals surface area contributed by atoms with Crippen LogP contribution in [0.2, 0.25) is 0 Å². The van der Waals surface area contributed by atoms with E-state index in [1.807, 2.05) is 0 Å². The molecule has 0 radical (unpaired) electrons. The standard InChI is InChI=1S/C14H18N6O3/c1-8-18-14(23-20-8)10(9-2-6-22-7-3-9)19-13(21)11-12(15)17-5-4-16-11/h4-5,9-10H,2-3,6-7H2,1H3,(H2,15,17)(H,19,21)/t10-/m0/s1. The predicted octanol–water partition coefficient (Wildman–Crippen LogP) is 0.648. The number of nitrogens with two attached hydrogens (primary N) is 1. The predicted molar refractivity (Wildman–Crippen MR) is 79.2 cm³/mol. The maximum Gasteiger partial charge on any atom is 0.274 e. The number of hydrogen-bond acceptors (Lipinski definition) is 8. The number of ether oxygens (including phenoxy) is 1. The molecule has 1 atom stereocenters. The number of aryl methyl sites for hydroxylation is 1. The Morgan fingerprint density at radius 1 is 1.35 bits per heavy atom. The van der Waals surface area contributed by atoms with Gasteiger partial charge >= 0.3 is 0 Å². The van der Waals surface area contributed by atoms with Crippen LogP contribution in [0.15, 0.2) is 16.9 Å². The van der Waals surface area contributed by atoms with Crippen LogP contribution in [-0.4, -0.2) is 39.2 Å². The zero-order chi connectivity index (χ0) is 16.2. The minimum atomic E-state index is -0.414. The Labute approximate surface area is 132 Å². The van der Waals surface area contributed by atoms with Crippen LogP contribution in [0.5, 0.6) is 0 Å². The second-order valence-corrected chi connectivity index (χ2v) is 5.37. The first-order chi connectivity index (χ1) is 11.1. The van der Waals surface area contributed by atoms with Crippen molar-refractivity contribution in [1.29, 1.82) is 0 Å². The van der Waals surface area contributed by atoms with E-state index in [1.54, 1.807) is 6.92 Å². The zero-order valence-electron chi connectivity index (χ0n) is 12.7. The van der Waals surface area contributed by atoms with E-state index in [9.17, 15) is 4.79 Å². The molecule has 9 heteroatoms. The third-order valence-corrected chi connectivity index (χ3v) is 3.77. The minimum absolute atomic E-state index is 0.0810. The van der Waals surface area contributed by atoms with Gasteiger partial charge in [-0.25, -0.2) is 9.97 Å². The van der Waals surface area contributed by atoms with Gasteiger partial charge in [-0.1, -0.05) is 5.16 Å². The average Bonchev–Trinajstić information content (AvgIpc) is 3.00. The Morgan fingerprint density at radius 2 is 2.09 bits per heavy atom. The smallest absolute Gasteiger partial charge is 0.274 e. The summed E-state index contributed by atoms with van der Waals surface area (Å²) in [5, 5.41) is 6.71. The second kappa shape index (κ2) is 6.69. The van der Waals surface area contributed by atoms with E-state index in [-0.39, 0.29) is 17.4 Å². The lowest BCUT2D eigenvalue weighted by Gasteiger charge is -2.28. The Bertz CT molecular complexity index is 683. The van der Waals surface area contributed by atoms with Crippen molar-refractivity contribution in [3.05, 3.63) is 29.8 Å². The Morgan fingerprint density at radius 3 is 2.74 bits per heavy atom. The van der Waals surface area contributed by atoms with Gasteiger partial charge in [0, 0.05) is 25.6 Å². The number of amides is 1. The highest BCUT2D eigenvalue weighted by Crippen LogP contribution is 2.29. The molecule has 2 aromatic rings. The lowest BCUT2D eigenvalue weighted by atomic mass is 9.91. The third-order valence-electron chi connectivity index (χ3n) is 3.77. The van der Waals surface area contributed by atoms with E-state index >= 15 is 0 Å². The molecule has 23 heavy (non-hydrogen) atoms. The van der Waals surface area contributed by atoms with Crippen molar-refractivity contribution in [2.75, 3.05) is 18.9 Å². The van der Waals surface area contributed by atoms with Crippen LogP contribution in [0, 0.1) is 12.8 Å². The van der Waals surface area contributed by atoms with E-state index in [4.69, 9.17) is 15.0 Å². The van der Waals surface area contributed by atoms with Gasteiger partial charge in [0.15, 0.2) is 17.3 Å². The van der Waals surface area contributed by atoms with Gasteiger partial charge in [-0.3, -0.25) is 4.79 Å². The summed E-state index contributed by atoms with van der Waals surface area (Å²) in [5.74, 6) is 0.710. The van der Waals surface area contributed by atoms with Gasteiger partial charge in [0.1, 0.15) is 6.04 Å². The van der Waals surface area contributed by atoms with Gasteiger partial charge in [0.05, 0.1) is 0 Å². The summed E-state index contributed by atoms with van der Waals surface area (Å²) < 4.78 is 10.6. The average molecular weight is 318 g/mol.